The second kappa shape index (κ2) is 13.7. The topological polar surface area (TPSA) is 193 Å². The number of nitrogens with zero attached hydrogens (tertiary/aromatic N) is 6. The molecule has 0 radical (unpaired) electrons. The van der Waals surface area contributed by atoms with Gasteiger partial charge in [-0.25, -0.2) is 4.98 Å². The molecule has 2 aromatic heterocycles. The molecule has 15 heteroatoms. The van der Waals surface area contributed by atoms with E-state index in [-0.39, 0.29) is 59.2 Å². The monoisotopic (exact) mass is 709 g/mol. The Kier molecular flexibility index (Phi) is 8.89. The molecule has 2 saturated carbocycles. The van der Waals surface area contributed by atoms with E-state index >= 15 is 0 Å². The number of likely N-dealkylation sites (tertiary alicyclic amines) is 2. The van der Waals surface area contributed by atoms with Gasteiger partial charge in [0, 0.05) is 68.9 Å². The summed E-state index contributed by atoms with van der Waals surface area (Å²) in [6, 6.07) is 6.33. The van der Waals surface area contributed by atoms with E-state index in [1.807, 2.05) is 18.3 Å². The Bertz CT molecular complexity index is 1940. The number of allylic oxidation sites excluding steroid dienone is 1. The number of amides is 3. The van der Waals surface area contributed by atoms with Crippen molar-refractivity contribution in [2.24, 2.45) is 17.4 Å². The quantitative estimate of drug-likeness (QED) is 0.137. The van der Waals surface area contributed by atoms with Gasteiger partial charge in [-0.2, -0.15) is 5.10 Å². The molecule has 4 fully saturated rings. The van der Waals surface area contributed by atoms with E-state index in [0.717, 1.165) is 105 Å². The number of fused-ring (bicyclic) bond motifs is 3. The van der Waals surface area contributed by atoms with Crippen LogP contribution in [0, 0.1) is 5.92 Å². The van der Waals surface area contributed by atoms with Crippen LogP contribution in [-0.2, 0) is 16.1 Å². The first-order chi connectivity index (χ1) is 25.2. The van der Waals surface area contributed by atoms with Crippen LogP contribution in [0.5, 0.6) is 0 Å². The van der Waals surface area contributed by atoms with Gasteiger partial charge < -0.3 is 41.6 Å². The number of nitrogens with one attached hydrogen (secondary N) is 3. The van der Waals surface area contributed by atoms with Crippen LogP contribution in [0.4, 0.5) is 11.4 Å². The minimum atomic E-state index is -0.384. The molecule has 1 unspecified atom stereocenters. The molecular formula is C37H47N11O4. The Balaban J connectivity index is 1.02. The lowest BCUT2D eigenvalue weighted by Crippen LogP contribution is -2.48. The lowest BCUT2D eigenvalue weighted by Gasteiger charge is -2.42. The number of anilines is 2. The van der Waals surface area contributed by atoms with Crippen LogP contribution in [0.1, 0.15) is 86.0 Å². The summed E-state index contributed by atoms with van der Waals surface area (Å²) in [6.07, 6.45) is 11.5. The first-order valence-corrected chi connectivity index (χ1v) is 18.4. The lowest BCUT2D eigenvalue weighted by atomic mass is 9.91. The zero-order chi connectivity index (χ0) is 36.1. The minimum absolute atomic E-state index is 0.0123. The average molecular weight is 710 g/mol. The van der Waals surface area contributed by atoms with Gasteiger partial charge in [0.1, 0.15) is 17.8 Å². The zero-order valence-electron chi connectivity index (χ0n) is 29.7. The Morgan fingerprint density at radius 2 is 1.83 bits per heavy atom. The summed E-state index contributed by atoms with van der Waals surface area (Å²) in [7, 11) is 2.07. The molecule has 3 aromatic rings. The largest absolute Gasteiger partial charge is 0.441 e. The fourth-order valence-corrected chi connectivity index (χ4v) is 7.56. The third kappa shape index (κ3) is 6.60. The maximum absolute atomic E-state index is 13.1. The highest BCUT2D eigenvalue weighted by Crippen LogP contribution is 2.49. The van der Waals surface area contributed by atoms with Crippen molar-refractivity contribution in [3.63, 3.8) is 0 Å². The second-order valence-corrected chi connectivity index (χ2v) is 14.7. The highest BCUT2D eigenvalue weighted by Gasteiger charge is 2.38. The van der Waals surface area contributed by atoms with E-state index in [1.54, 1.807) is 11.2 Å². The van der Waals surface area contributed by atoms with Gasteiger partial charge in [0.25, 0.3) is 11.8 Å². The molecule has 3 aliphatic heterocycles. The van der Waals surface area contributed by atoms with Gasteiger partial charge in [-0.1, -0.05) is 19.1 Å². The molecule has 5 aliphatic rings. The molecule has 0 spiro atoms. The van der Waals surface area contributed by atoms with Crippen LogP contribution in [0.25, 0.3) is 11.1 Å². The number of rotatable bonds is 12. The number of hydrogen-bond donors (Lipinski definition) is 5. The summed E-state index contributed by atoms with van der Waals surface area (Å²) in [5.74, 6) is -0.390. The van der Waals surface area contributed by atoms with E-state index in [4.69, 9.17) is 21.0 Å². The van der Waals surface area contributed by atoms with Gasteiger partial charge in [0.15, 0.2) is 0 Å². The predicted octanol–water partition coefficient (Wildman–Crippen LogP) is 2.92. The highest BCUT2D eigenvalue weighted by molar-refractivity contribution is 5.96. The van der Waals surface area contributed by atoms with Gasteiger partial charge >= 0.3 is 5.91 Å². The maximum Gasteiger partial charge on any atom is 0.309 e. The maximum atomic E-state index is 13.1. The van der Waals surface area contributed by atoms with Gasteiger partial charge in [0.2, 0.25) is 5.91 Å². The summed E-state index contributed by atoms with van der Waals surface area (Å²) in [4.78, 5) is 49.1. The van der Waals surface area contributed by atoms with Crippen molar-refractivity contribution >= 4 is 29.1 Å². The highest BCUT2D eigenvalue weighted by atomic mass is 16.4. The van der Waals surface area contributed by atoms with Crippen LogP contribution in [-0.4, -0.2) is 81.6 Å². The summed E-state index contributed by atoms with van der Waals surface area (Å²) >= 11 is 0. The molecule has 15 nitrogen and oxygen atoms in total. The molecule has 8 rings (SSSR count). The summed E-state index contributed by atoms with van der Waals surface area (Å²) in [5.41, 5.74) is 18.7. The number of nitrogens with two attached hydrogens (primary N) is 2. The molecule has 0 bridgehead atoms. The van der Waals surface area contributed by atoms with Gasteiger partial charge in [-0.3, -0.25) is 24.0 Å². The molecule has 7 N–H and O–H groups in total. The number of para-hydroxylation sites is 1. The summed E-state index contributed by atoms with van der Waals surface area (Å²) in [6.45, 7) is 5.88. The van der Waals surface area contributed by atoms with Crippen molar-refractivity contribution in [2.75, 3.05) is 43.4 Å². The van der Waals surface area contributed by atoms with Crippen LogP contribution in [0.3, 0.4) is 0 Å². The Morgan fingerprint density at radius 1 is 1.06 bits per heavy atom. The standard InChI is InChI=1S/C37H47N11O4/c1-3-29-33-26(16-40-48(33)24-18-46(19-24)17-23-20-52-36(42-23)37(51)47-13-4-5-14-47)25-7-6-8-27(32(25)45(29)2)43-28(31(39)35(50)41-22-11-12-22)15-30(38)44-34(49)21-9-10-21/h6-8,15-16,20-22,24,29,43H,3-5,9-14,17-19,38-39H2,1-2H3,(H,41,50)(H,44,49)/b30-15+,31-28+. The molecule has 3 amide bonds. The van der Waals surface area contributed by atoms with E-state index in [1.165, 1.54) is 6.08 Å². The molecule has 52 heavy (non-hydrogen) atoms. The van der Waals surface area contributed by atoms with Crippen molar-refractivity contribution in [1.82, 2.24) is 35.2 Å². The van der Waals surface area contributed by atoms with Crippen molar-refractivity contribution in [2.45, 2.75) is 76.5 Å². The lowest BCUT2D eigenvalue weighted by molar-refractivity contribution is -0.121. The minimum Gasteiger partial charge on any atom is -0.441 e. The fraction of sp³-hybridized carbons (Fsp3) is 0.486. The third-order valence-electron chi connectivity index (χ3n) is 10.7. The van der Waals surface area contributed by atoms with Gasteiger partial charge in [-0.05, 0) is 51.0 Å². The zero-order valence-corrected chi connectivity index (χ0v) is 29.7. The van der Waals surface area contributed by atoms with Crippen LogP contribution in [0.2, 0.25) is 0 Å². The summed E-state index contributed by atoms with van der Waals surface area (Å²) < 4.78 is 7.73. The van der Waals surface area contributed by atoms with E-state index in [2.05, 4.69) is 55.5 Å². The first-order valence-electron chi connectivity index (χ1n) is 18.4. The number of oxazole rings is 1. The van der Waals surface area contributed by atoms with Crippen molar-refractivity contribution < 1.29 is 18.8 Å². The van der Waals surface area contributed by atoms with E-state index < -0.39 is 0 Å². The number of hydrogen-bond acceptors (Lipinski definition) is 11. The summed E-state index contributed by atoms with van der Waals surface area (Å²) in [5, 5.41) is 14.1. The normalized spacial score (nSPS) is 20.9. The predicted molar refractivity (Wildman–Crippen MR) is 194 cm³/mol. The Labute approximate surface area is 302 Å². The Hall–Kier alpha value is -5.31. The van der Waals surface area contributed by atoms with Crippen LogP contribution < -0.4 is 32.3 Å². The van der Waals surface area contributed by atoms with Crippen molar-refractivity contribution in [3.8, 4) is 11.1 Å². The smallest absolute Gasteiger partial charge is 0.309 e. The molecule has 274 valence electrons. The molecule has 1 atom stereocenters. The molecule has 2 saturated heterocycles. The first kappa shape index (κ1) is 33.8. The van der Waals surface area contributed by atoms with Crippen molar-refractivity contribution in [1.29, 1.82) is 0 Å². The van der Waals surface area contributed by atoms with Crippen LogP contribution in [0.15, 0.2) is 58.4 Å². The van der Waals surface area contributed by atoms with E-state index in [9.17, 15) is 14.4 Å². The number of carbonyl (C=O) groups is 3. The van der Waals surface area contributed by atoms with Crippen LogP contribution >= 0.6 is 0 Å². The fourth-order valence-electron chi connectivity index (χ4n) is 7.56. The number of benzene rings is 1. The SMILES string of the molecule is CCC1c2c(cnn2C2CN(Cc3coc(C(=O)N4CCCC4)n3)C2)-c2cccc(NC(/C=C(\N)NC(=O)C3CC3)=C(/N)C(=O)NC3CC3)c2N1C. The second-order valence-electron chi connectivity index (χ2n) is 14.7. The molecule has 5 heterocycles. The van der Waals surface area contributed by atoms with Crippen molar-refractivity contribution in [3.05, 3.63) is 71.2 Å². The molecular weight excluding hydrogens is 662 g/mol. The number of carbonyl (C=O) groups excluding carboxylic acids is 3. The average Bonchev–Trinajstić information content (AvgIpc) is 3.96. The molecule has 1 aromatic carbocycles. The molecule has 2 aliphatic carbocycles. The third-order valence-corrected chi connectivity index (χ3v) is 10.7. The van der Waals surface area contributed by atoms with E-state index in [0.29, 0.717) is 12.2 Å². The Morgan fingerprint density at radius 3 is 2.54 bits per heavy atom. The van der Waals surface area contributed by atoms with Gasteiger partial charge in [-0.15, -0.1) is 0 Å². The van der Waals surface area contributed by atoms with Gasteiger partial charge in [0.05, 0.1) is 46.7 Å². The number of aromatic nitrogens is 3.